The molecule has 6 N–H and O–H groups in total. The molecule has 3 aromatic rings. The van der Waals surface area contributed by atoms with E-state index in [-0.39, 0.29) is 28.1 Å². The Labute approximate surface area is 173 Å². The number of sulfonamides is 1. The Hall–Kier alpha value is -3.70. The average Bonchev–Trinajstić information content (AvgIpc) is 2.72. The van der Waals surface area contributed by atoms with Gasteiger partial charge in [-0.2, -0.15) is 0 Å². The first-order valence-corrected chi connectivity index (χ1v) is 10.3. The first kappa shape index (κ1) is 21.0. The highest BCUT2D eigenvalue weighted by Crippen LogP contribution is 2.21. The van der Waals surface area contributed by atoms with Gasteiger partial charge < -0.3 is 5.73 Å². The minimum atomic E-state index is -3.84. The molecule has 0 bridgehead atoms. The molecule has 0 fully saturated rings. The number of nitrogen functional groups attached to an aromatic ring is 1. The van der Waals surface area contributed by atoms with Gasteiger partial charge in [-0.15, -0.1) is 4.83 Å². The normalized spacial score (nSPS) is 11.0. The van der Waals surface area contributed by atoms with Crippen molar-refractivity contribution < 1.29 is 13.2 Å². The molecule has 0 saturated heterocycles. The van der Waals surface area contributed by atoms with Crippen LogP contribution in [0, 0.1) is 13.8 Å². The van der Waals surface area contributed by atoms with Gasteiger partial charge in [0.25, 0.3) is 15.9 Å². The summed E-state index contributed by atoms with van der Waals surface area (Å²) < 4.78 is 24.8. The number of rotatable bonds is 7. The molecule has 0 unspecified atom stereocenters. The third kappa shape index (κ3) is 4.82. The number of nitrogens with two attached hydrogens (primary N) is 1. The highest BCUT2D eigenvalue weighted by molar-refractivity contribution is 7.89. The van der Waals surface area contributed by atoms with Crippen LogP contribution in [0.5, 0.6) is 0 Å². The summed E-state index contributed by atoms with van der Waals surface area (Å²) in [5.41, 5.74) is 15.8. The fourth-order valence-electron chi connectivity index (χ4n) is 2.50. The molecule has 3 rings (SSSR count). The topological polar surface area (TPSA) is 151 Å². The van der Waals surface area contributed by atoms with Crippen LogP contribution in [0.25, 0.3) is 0 Å². The average molecular weight is 427 g/mol. The molecule has 10 nitrogen and oxygen atoms in total. The summed E-state index contributed by atoms with van der Waals surface area (Å²) in [7, 11) is -3.84. The number of hydrogen-bond donors (Lipinski definition) is 5. The maximum atomic E-state index is 12.4. The quantitative estimate of drug-likeness (QED) is 0.358. The van der Waals surface area contributed by atoms with Crippen LogP contribution >= 0.6 is 0 Å². The van der Waals surface area contributed by atoms with Crippen LogP contribution in [0.2, 0.25) is 0 Å². The van der Waals surface area contributed by atoms with E-state index in [1.54, 1.807) is 24.3 Å². The lowest BCUT2D eigenvalue weighted by Gasteiger charge is -2.14. The van der Waals surface area contributed by atoms with E-state index in [0.29, 0.717) is 5.56 Å². The second-order valence-corrected chi connectivity index (χ2v) is 8.10. The smallest absolute Gasteiger partial charge is 0.269 e. The van der Waals surface area contributed by atoms with Gasteiger partial charge in [-0.25, -0.2) is 18.4 Å². The Balaban J connectivity index is 1.68. The third-order valence-electron chi connectivity index (χ3n) is 4.20. The van der Waals surface area contributed by atoms with Crippen molar-refractivity contribution in [1.29, 1.82) is 0 Å². The van der Waals surface area contributed by atoms with E-state index in [1.165, 1.54) is 18.5 Å². The molecule has 1 heterocycles. The summed E-state index contributed by atoms with van der Waals surface area (Å²) in [6.07, 6.45) is 1.17. The number of nitrogens with one attached hydrogen (secondary N) is 4. The van der Waals surface area contributed by atoms with Gasteiger partial charge >= 0.3 is 0 Å². The predicted molar refractivity (Wildman–Crippen MR) is 114 cm³/mol. The molecule has 11 heteroatoms. The zero-order valence-electron chi connectivity index (χ0n) is 16.3. The lowest BCUT2D eigenvalue weighted by Crippen LogP contribution is -2.32. The molecule has 0 aliphatic rings. The molecule has 2 aromatic carbocycles. The summed E-state index contributed by atoms with van der Waals surface area (Å²) in [5, 5.41) is 0. The van der Waals surface area contributed by atoms with Crippen LogP contribution in [0.3, 0.4) is 0 Å². The van der Waals surface area contributed by atoms with Crippen LogP contribution in [0.15, 0.2) is 59.8 Å². The molecule has 0 radical (unpaired) electrons. The SMILES string of the molecule is Cc1ccc(S(=O)(=O)NNc2ncnc(NNC(=O)c3ccccc3C)c2N)cc1. The van der Waals surface area contributed by atoms with Crippen molar-refractivity contribution >= 4 is 33.3 Å². The Kier molecular flexibility index (Phi) is 6.14. The Morgan fingerprint density at radius 3 is 2.23 bits per heavy atom. The molecule has 156 valence electrons. The van der Waals surface area contributed by atoms with Crippen molar-refractivity contribution in [2.45, 2.75) is 18.7 Å². The van der Waals surface area contributed by atoms with Gasteiger partial charge in [0.2, 0.25) is 0 Å². The standard InChI is InChI=1S/C19H21N7O3S/c1-12-7-9-14(10-8-12)30(28,29)26-24-18-16(20)17(21-11-22-18)23-25-19(27)15-6-4-3-5-13(15)2/h3-11,26H,20H2,1-2H3,(H,25,27)(H2,21,22,23,24). The third-order valence-corrected chi connectivity index (χ3v) is 5.47. The fourth-order valence-corrected chi connectivity index (χ4v) is 3.34. The number of carbonyl (C=O) groups is 1. The van der Waals surface area contributed by atoms with E-state index in [9.17, 15) is 13.2 Å². The van der Waals surface area contributed by atoms with E-state index in [1.807, 2.05) is 26.0 Å². The van der Waals surface area contributed by atoms with Crippen molar-refractivity contribution in [3.8, 4) is 0 Å². The van der Waals surface area contributed by atoms with Gasteiger partial charge in [0.15, 0.2) is 11.6 Å². The van der Waals surface area contributed by atoms with E-state index in [4.69, 9.17) is 5.73 Å². The van der Waals surface area contributed by atoms with Crippen LogP contribution in [-0.2, 0) is 10.0 Å². The number of aryl methyl sites for hydroxylation is 2. The fraction of sp³-hybridized carbons (Fsp3) is 0.105. The minimum Gasteiger partial charge on any atom is -0.393 e. The van der Waals surface area contributed by atoms with Crippen molar-refractivity contribution in [2.75, 3.05) is 16.6 Å². The zero-order valence-corrected chi connectivity index (χ0v) is 17.1. The van der Waals surface area contributed by atoms with E-state index < -0.39 is 10.0 Å². The first-order chi connectivity index (χ1) is 14.3. The number of hydrogen-bond acceptors (Lipinski definition) is 8. The van der Waals surface area contributed by atoms with Crippen molar-refractivity contribution in [3.05, 3.63) is 71.5 Å². The van der Waals surface area contributed by atoms with Crippen LogP contribution in [-0.4, -0.2) is 24.3 Å². The van der Waals surface area contributed by atoms with Crippen molar-refractivity contribution in [1.82, 2.24) is 20.2 Å². The van der Waals surface area contributed by atoms with Crippen LogP contribution in [0.1, 0.15) is 21.5 Å². The minimum absolute atomic E-state index is 0.00851. The Morgan fingerprint density at radius 1 is 0.933 bits per heavy atom. The van der Waals surface area contributed by atoms with Crippen LogP contribution < -0.4 is 26.8 Å². The highest BCUT2D eigenvalue weighted by Gasteiger charge is 2.16. The maximum absolute atomic E-state index is 12.4. The molecular weight excluding hydrogens is 406 g/mol. The molecule has 0 aliphatic carbocycles. The van der Waals surface area contributed by atoms with E-state index in [2.05, 4.69) is 31.1 Å². The summed E-state index contributed by atoms with van der Waals surface area (Å²) in [6, 6.07) is 13.4. The predicted octanol–water partition coefficient (Wildman–Crippen LogP) is 1.74. The van der Waals surface area contributed by atoms with E-state index in [0.717, 1.165) is 11.1 Å². The summed E-state index contributed by atoms with van der Waals surface area (Å²) in [4.78, 5) is 22.5. The Bertz CT molecular complexity index is 1170. The number of amides is 1. The first-order valence-electron chi connectivity index (χ1n) is 8.85. The number of nitrogens with zero attached hydrogens (tertiary/aromatic N) is 2. The number of hydrazine groups is 2. The van der Waals surface area contributed by atoms with Crippen LogP contribution in [0.4, 0.5) is 17.3 Å². The zero-order chi connectivity index (χ0) is 21.7. The molecule has 0 aliphatic heterocycles. The second-order valence-electron chi connectivity index (χ2n) is 6.42. The van der Waals surface area contributed by atoms with Gasteiger partial charge in [-0.3, -0.25) is 21.1 Å². The largest absolute Gasteiger partial charge is 0.393 e. The summed E-state index contributed by atoms with van der Waals surface area (Å²) in [6.45, 7) is 3.67. The molecule has 0 spiro atoms. The molecule has 1 aromatic heterocycles. The number of carbonyl (C=O) groups excluding carboxylic acids is 1. The van der Waals surface area contributed by atoms with Crippen molar-refractivity contribution in [3.63, 3.8) is 0 Å². The number of benzene rings is 2. The lowest BCUT2D eigenvalue weighted by atomic mass is 10.1. The molecule has 0 saturated carbocycles. The molecule has 0 atom stereocenters. The van der Waals surface area contributed by atoms with Gasteiger partial charge in [0.05, 0.1) is 4.90 Å². The Morgan fingerprint density at radius 2 is 1.57 bits per heavy atom. The maximum Gasteiger partial charge on any atom is 0.269 e. The summed E-state index contributed by atoms with van der Waals surface area (Å²) >= 11 is 0. The molecule has 30 heavy (non-hydrogen) atoms. The lowest BCUT2D eigenvalue weighted by molar-refractivity contribution is 0.0962. The number of aromatic nitrogens is 2. The van der Waals surface area contributed by atoms with Gasteiger partial charge in [0, 0.05) is 5.56 Å². The monoisotopic (exact) mass is 427 g/mol. The van der Waals surface area contributed by atoms with Gasteiger partial charge in [0.1, 0.15) is 12.0 Å². The molecular formula is C19H21N7O3S. The molecule has 1 amide bonds. The van der Waals surface area contributed by atoms with Gasteiger partial charge in [-0.05, 0) is 37.6 Å². The highest BCUT2D eigenvalue weighted by atomic mass is 32.2. The summed E-state index contributed by atoms with van der Waals surface area (Å²) in [5.74, 6) is -0.252. The number of anilines is 3. The van der Waals surface area contributed by atoms with Crippen molar-refractivity contribution in [2.24, 2.45) is 0 Å². The second kappa shape index (κ2) is 8.76. The van der Waals surface area contributed by atoms with Gasteiger partial charge in [-0.1, -0.05) is 35.9 Å². The van der Waals surface area contributed by atoms with E-state index >= 15 is 0 Å².